The SMILES string of the molecule is Clc1ccc(OCc2nn3c(COc4ccccc4)nnc3s2)cc1. The van der Waals surface area contributed by atoms with Gasteiger partial charge in [-0.25, -0.2) is 0 Å². The van der Waals surface area contributed by atoms with Crippen molar-refractivity contribution in [1.29, 1.82) is 0 Å². The van der Waals surface area contributed by atoms with Gasteiger partial charge < -0.3 is 9.47 Å². The minimum Gasteiger partial charge on any atom is -0.486 e. The lowest BCUT2D eigenvalue weighted by Crippen LogP contribution is -2.03. The van der Waals surface area contributed by atoms with Crippen molar-refractivity contribution < 1.29 is 9.47 Å². The van der Waals surface area contributed by atoms with Gasteiger partial charge in [-0.15, -0.1) is 10.2 Å². The third kappa shape index (κ3) is 3.72. The molecule has 0 unspecified atom stereocenters. The molecule has 4 rings (SSSR count). The van der Waals surface area contributed by atoms with Crippen molar-refractivity contribution in [3.05, 3.63) is 70.5 Å². The summed E-state index contributed by atoms with van der Waals surface area (Å²) in [4.78, 5) is 0.710. The Labute approximate surface area is 152 Å². The molecule has 25 heavy (non-hydrogen) atoms. The van der Waals surface area contributed by atoms with E-state index in [-0.39, 0.29) is 0 Å². The molecule has 0 saturated heterocycles. The normalized spacial score (nSPS) is 10.9. The van der Waals surface area contributed by atoms with E-state index in [4.69, 9.17) is 21.1 Å². The zero-order valence-corrected chi connectivity index (χ0v) is 14.6. The predicted molar refractivity (Wildman–Crippen MR) is 95.2 cm³/mol. The number of nitrogens with zero attached hydrogens (tertiary/aromatic N) is 4. The lowest BCUT2D eigenvalue weighted by Gasteiger charge is -2.03. The first-order valence-corrected chi connectivity index (χ1v) is 8.73. The highest BCUT2D eigenvalue weighted by Gasteiger charge is 2.12. The zero-order chi connectivity index (χ0) is 17.1. The molecule has 8 heteroatoms. The van der Waals surface area contributed by atoms with E-state index in [1.54, 1.807) is 16.6 Å². The Morgan fingerprint density at radius 1 is 0.880 bits per heavy atom. The zero-order valence-electron chi connectivity index (χ0n) is 13.0. The van der Waals surface area contributed by atoms with Crippen LogP contribution in [0.3, 0.4) is 0 Å². The van der Waals surface area contributed by atoms with Crippen LogP contribution in [0.1, 0.15) is 10.8 Å². The molecule has 0 fully saturated rings. The highest BCUT2D eigenvalue weighted by Crippen LogP contribution is 2.20. The van der Waals surface area contributed by atoms with Crippen LogP contribution in [0, 0.1) is 0 Å². The summed E-state index contributed by atoms with van der Waals surface area (Å²) in [6.45, 7) is 0.654. The second-order valence-corrected chi connectivity index (χ2v) is 6.63. The number of ether oxygens (including phenoxy) is 2. The number of fused-ring (bicyclic) bond motifs is 1. The second-order valence-electron chi connectivity index (χ2n) is 5.15. The second kappa shape index (κ2) is 7.08. The monoisotopic (exact) mass is 372 g/mol. The average Bonchev–Trinajstić information content (AvgIpc) is 3.21. The topological polar surface area (TPSA) is 61.5 Å². The van der Waals surface area contributed by atoms with Gasteiger partial charge in [0.15, 0.2) is 10.8 Å². The number of para-hydroxylation sites is 1. The Hall–Kier alpha value is -2.64. The first kappa shape index (κ1) is 15.9. The fourth-order valence-corrected chi connectivity index (χ4v) is 3.08. The van der Waals surface area contributed by atoms with E-state index in [0.717, 1.165) is 16.5 Å². The third-order valence-electron chi connectivity index (χ3n) is 3.38. The third-order valence-corrected chi connectivity index (χ3v) is 4.51. The van der Waals surface area contributed by atoms with E-state index < -0.39 is 0 Å². The average molecular weight is 373 g/mol. The lowest BCUT2D eigenvalue weighted by molar-refractivity contribution is 0.290. The van der Waals surface area contributed by atoms with Crippen molar-refractivity contribution >= 4 is 27.9 Å². The molecule has 0 aliphatic carbocycles. The van der Waals surface area contributed by atoms with Crippen LogP contribution in [0.4, 0.5) is 0 Å². The molecule has 0 N–H and O–H groups in total. The van der Waals surface area contributed by atoms with Crippen LogP contribution < -0.4 is 9.47 Å². The summed E-state index contributed by atoms with van der Waals surface area (Å²) in [6.07, 6.45) is 0. The predicted octanol–water partition coefficient (Wildman–Crippen LogP) is 4.00. The molecule has 4 aromatic rings. The molecule has 2 aromatic heterocycles. The van der Waals surface area contributed by atoms with Crippen molar-refractivity contribution in [1.82, 2.24) is 19.8 Å². The van der Waals surface area contributed by atoms with Crippen LogP contribution in [0.25, 0.3) is 4.96 Å². The number of rotatable bonds is 6. The summed E-state index contributed by atoms with van der Waals surface area (Å²) in [7, 11) is 0. The lowest BCUT2D eigenvalue weighted by atomic mass is 10.3. The van der Waals surface area contributed by atoms with E-state index in [9.17, 15) is 0 Å². The van der Waals surface area contributed by atoms with Gasteiger partial charge in [0.1, 0.15) is 24.7 Å². The van der Waals surface area contributed by atoms with E-state index in [2.05, 4.69) is 15.3 Å². The molecule has 0 atom stereocenters. The molecule has 126 valence electrons. The van der Waals surface area contributed by atoms with Crippen LogP contribution in [0.2, 0.25) is 5.02 Å². The van der Waals surface area contributed by atoms with E-state index in [1.807, 2.05) is 42.5 Å². The maximum Gasteiger partial charge on any atom is 0.234 e. The first-order valence-electron chi connectivity index (χ1n) is 7.54. The molecule has 2 heterocycles. The van der Waals surface area contributed by atoms with Gasteiger partial charge >= 0.3 is 0 Å². The van der Waals surface area contributed by atoms with Gasteiger partial charge in [0.05, 0.1) is 0 Å². The molecule has 0 aliphatic heterocycles. The van der Waals surface area contributed by atoms with Crippen LogP contribution >= 0.6 is 22.9 Å². The van der Waals surface area contributed by atoms with Gasteiger partial charge in [-0.3, -0.25) is 0 Å². The first-order chi connectivity index (χ1) is 12.3. The van der Waals surface area contributed by atoms with Gasteiger partial charge in [0, 0.05) is 5.02 Å². The summed E-state index contributed by atoms with van der Waals surface area (Å²) < 4.78 is 13.1. The minimum absolute atomic E-state index is 0.298. The van der Waals surface area contributed by atoms with E-state index >= 15 is 0 Å². The Morgan fingerprint density at radius 3 is 2.40 bits per heavy atom. The molecule has 0 spiro atoms. The Bertz CT molecular complexity index is 969. The maximum atomic E-state index is 5.86. The van der Waals surface area contributed by atoms with Crippen LogP contribution in [-0.4, -0.2) is 19.8 Å². The standard InChI is InChI=1S/C17H13ClN4O2S/c18-12-6-8-14(9-7-12)24-11-16-21-22-15(19-20-17(22)25-16)10-23-13-4-2-1-3-5-13/h1-9H,10-11H2. The van der Waals surface area contributed by atoms with Crippen molar-refractivity contribution in [3.8, 4) is 11.5 Å². The van der Waals surface area contributed by atoms with Gasteiger partial charge in [0.2, 0.25) is 4.96 Å². The summed E-state index contributed by atoms with van der Waals surface area (Å²) >= 11 is 7.30. The van der Waals surface area contributed by atoms with Crippen molar-refractivity contribution in [2.45, 2.75) is 13.2 Å². The Balaban J connectivity index is 1.43. The maximum absolute atomic E-state index is 5.86. The molecule has 0 amide bonds. The van der Waals surface area contributed by atoms with Gasteiger partial charge in [-0.1, -0.05) is 41.1 Å². The van der Waals surface area contributed by atoms with Crippen molar-refractivity contribution in [2.24, 2.45) is 0 Å². The Kier molecular flexibility index (Phi) is 4.49. The molecule has 2 aromatic carbocycles. The number of hydrogen-bond donors (Lipinski definition) is 0. The van der Waals surface area contributed by atoms with Crippen LogP contribution in [0.5, 0.6) is 11.5 Å². The van der Waals surface area contributed by atoms with E-state index in [0.29, 0.717) is 29.0 Å². The number of aromatic nitrogens is 4. The minimum atomic E-state index is 0.298. The summed E-state index contributed by atoms with van der Waals surface area (Å²) in [5.74, 6) is 2.16. The fraction of sp³-hybridized carbons (Fsp3) is 0.118. The molecule has 6 nitrogen and oxygen atoms in total. The Morgan fingerprint density at radius 2 is 1.60 bits per heavy atom. The summed E-state index contributed by atoms with van der Waals surface area (Å²) in [5, 5.41) is 14.2. The highest BCUT2D eigenvalue weighted by atomic mass is 35.5. The van der Waals surface area contributed by atoms with Gasteiger partial charge in [-0.05, 0) is 36.4 Å². The largest absolute Gasteiger partial charge is 0.486 e. The summed E-state index contributed by atoms with van der Waals surface area (Å²) in [6, 6.07) is 16.8. The molecule has 0 saturated carbocycles. The molecular weight excluding hydrogens is 360 g/mol. The molecular formula is C17H13ClN4O2S. The van der Waals surface area contributed by atoms with Gasteiger partial charge in [-0.2, -0.15) is 9.61 Å². The van der Waals surface area contributed by atoms with Crippen molar-refractivity contribution in [3.63, 3.8) is 0 Å². The van der Waals surface area contributed by atoms with Crippen LogP contribution in [0.15, 0.2) is 54.6 Å². The smallest absolute Gasteiger partial charge is 0.234 e. The van der Waals surface area contributed by atoms with Crippen LogP contribution in [-0.2, 0) is 13.2 Å². The number of halogens is 1. The number of benzene rings is 2. The number of hydrogen-bond acceptors (Lipinski definition) is 6. The molecule has 0 bridgehead atoms. The molecule has 0 radical (unpaired) electrons. The quantitative estimate of drug-likeness (QED) is 0.512. The molecule has 0 aliphatic rings. The summed E-state index contributed by atoms with van der Waals surface area (Å²) in [5.41, 5.74) is 0. The van der Waals surface area contributed by atoms with Gasteiger partial charge in [0.25, 0.3) is 0 Å². The van der Waals surface area contributed by atoms with E-state index in [1.165, 1.54) is 11.3 Å². The highest BCUT2D eigenvalue weighted by molar-refractivity contribution is 7.16. The van der Waals surface area contributed by atoms with Crippen molar-refractivity contribution in [2.75, 3.05) is 0 Å². The fourth-order valence-electron chi connectivity index (χ4n) is 2.19.